The van der Waals surface area contributed by atoms with Gasteiger partial charge in [-0.15, -0.1) is 11.8 Å². The van der Waals surface area contributed by atoms with E-state index in [1.54, 1.807) is 0 Å². The van der Waals surface area contributed by atoms with Gasteiger partial charge in [-0.1, -0.05) is 0 Å². The molecule has 0 radical (unpaired) electrons. The van der Waals surface area contributed by atoms with Gasteiger partial charge in [-0.25, -0.2) is 9.59 Å². The van der Waals surface area contributed by atoms with Crippen LogP contribution in [0.1, 0.15) is 6.42 Å². The molecule has 0 bridgehead atoms. The van der Waals surface area contributed by atoms with Gasteiger partial charge < -0.3 is 15.6 Å². The molecule has 8 heteroatoms. The van der Waals surface area contributed by atoms with Crippen molar-refractivity contribution in [3.05, 3.63) is 11.3 Å². The Morgan fingerprint density at radius 2 is 2.29 bits per heavy atom. The summed E-state index contributed by atoms with van der Waals surface area (Å²) in [5, 5.41) is 8.98. The van der Waals surface area contributed by atoms with Crippen LogP contribution in [0.15, 0.2) is 11.3 Å². The van der Waals surface area contributed by atoms with Crippen LogP contribution < -0.4 is 5.73 Å². The standard InChI is InChI=1S/C9H10N2O5S/c10-9(15)16-2-4-3-17-6-1-5(12)11(6)7(4)8(13)14/h6H,1-3H2,(H2,10,15)(H,13,14). The molecule has 2 rings (SSSR count). The van der Waals surface area contributed by atoms with Crippen LogP contribution in [-0.4, -0.2) is 45.7 Å². The van der Waals surface area contributed by atoms with Crippen LogP contribution in [0.25, 0.3) is 0 Å². The van der Waals surface area contributed by atoms with Gasteiger partial charge >= 0.3 is 12.1 Å². The number of primary amides is 1. The number of hydrogen-bond acceptors (Lipinski definition) is 5. The Hall–Kier alpha value is -1.70. The molecular formula is C9H10N2O5S. The monoisotopic (exact) mass is 258 g/mol. The van der Waals surface area contributed by atoms with E-state index < -0.39 is 12.1 Å². The Balaban J connectivity index is 2.23. The predicted octanol–water partition coefficient (Wildman–Crippen LogP) is -0.274. The minimum absolute atomic E-state index is 0.0775. The molecule has 0 spiro atoms. The fraction of sp³-hybridized carbons (Fsp3) is 0.444. The Morgan fingerprint density at radius 1 is 1.59 bits per heavy atom. The Morgan fingerprint density at radius 3 is 2.82 bits per heavy atom. The van der Waals surface area contributed by atoms with Gasteiger partial charge in [0.25, 0.3) is 0 Å². The Bertz CT molecular complexity index is 433. The molecule has 2 amide bonds. The Labute approximate surface area is 101 Å². The van der Waals surface area contributed by atoms with E-state index >= 15 is 0 Å². The van der Waals surface area contributed by atoms with Crippen LogP contribution in [-0.2, 0) is 14.3 Å². The number of nitrogens with two attached hydrogens (primary N) is 1. The number of fused-ring (bicyclic) bond motifs is 1. The second kappa shape index (κ2) is 4.28. The minimum atomic E-state index is -1.19. The molecule has 7 nitrogen and oxygen atoms in total. The first-order valence-electron chi connectivity index (χ1n) is 4.82. The van der Waals surface area contributed by atoms with Gasteiger partial charge in [0.1, 0.15) is 12.3 Å². The molecule has 0 aromatic carbocycles. The first-order chi connectivity index (χ1) is 8.00. The molecule has 2 aliphatic heterocycles. The van der Waals surface area contributed by atoms with Crippen LogP contribution >= 0.6 is 11.8 Å². The molecule has 0 aromatic rings. The van der Waals surface area contributed by atoms with E-state index in [-0.39, 0.29) is 23.6 Å². The lowest BCUT2D eigenvalue weighted by molar-refractivity contribution is -0.146. The smallest absolute Gasteiger partial charge is 0.404 e. The third-order valence-corrected chi connectivity index (χ3v) is 3.80. The van der Waals surface area contributed by atoms with Crippen LogP contribution in [0.2, 0.25) is 0 Å². The molecule has 0 aliphatic carbocycles. The average molecular weight is 258 g/mol. The van der Waals surface area contributed by atoms with Crippen molar-refractivity contribution in [1.82, 2.24) is 4.90 Å². The van der Waals surface area contributed by atoms with Gasteiger partial charge in [-0.05, 0) is 0 Å². The molecule has 2 heterocycles. The molecule has 2 aliphatic rings. The summed E-state index contributed by atoms with van der Waals surface area (Å²) in [7, 11) is 0. The highest BCUT2D eigenvalue weighted by atomic mass is 32.2. The third-order valence-electron chi connectivity index (χ3n) is 2.52. The maximum absolute atomic E-state index is 11.3. The first kappa shape index (κ1) is 11.8. The van der Waals surface area contributed by atoms with E-state index in [0.717, 1.165) is 0 Å². The molecule has 0 saturated carbocycles. The fourth-order valence-corrected chi connectivity index (χ4v) is 2.99. The summed E-state index contributed by atoms with van der Waals surface area (Å²) < 4.78 is 4.57. The van der Waals surface area contributed by atoms with E-state index in [0.29, 0.717) is 17.7 Å². The number of carboxylic acids is 1. The molecule has 17 heavy (non-hydrogen) atoms. The number of aliphatic carboxylic acids is 1. The summed E-state index contributed by atoms with van der Waals surface area (Å²) in [6.45, 7) is -0.194. The van der Waals surface area contributed by atoms with Crippen molar-refractivity contribution >= 4 is 29.7 Å². The van der Waals surface area contributed by atoms with Crippen molar-refractivity contribution in [2.45, 2.75) is 11.8 Å². The van der Waals surface area contributed by atoms with E-state index in [2.05, 4.69) is 4.74 Å². The number of nitrogens with zero attached hydrogens (tertiary/aromatic N) is 1. The number of amides is 2. The van der Waals surface area contributed by atoms with Crippen LogP contribution in [0, 0.1) is 0 Å². The van der Waals surface area contributed by atoms with Gasteiger partial charge in [-0.3, -0.25) is 9.69 Å². The number of β-lactam (4-membered cyclic amide) rings is 1. The summed E-state index contributed by atoms with van der Waals surface area (Å²) in [6.07, 6.45) is -0.616. The van der Waals surface area contributed by atoms with Crippen molar-refractivity contribution in [3.8, 4) is 0 Å². The Kier molecular flexibility index (Phi) is 2.97. The summed E-state index contributed by atoms with van der Waals surface area (Å²) in [4.78, 5) is 34.2. The largest absolute Gasteiger partial charge is 0.477 e. The second-order valence-corrected chi connectivity index (χ2v) is 4.76. The lowest BCUT2D eigenvalue weighted by Gasteiger charge is -2.43. The van der Waals surface area contributed by atoms with Crippen LogP contribution in [0.5, 0.6) is 0 Å². The van der Waals surface area contributed by atoms with Crippen molar-refractivity contribution in [2.75, 3.05) is 12.4 Å². The molecular weight excluding hydrogens is 248 g/mol. The van der Waals surface area contributed by atoms with Crippen molar-refractivity contribution in [1.29, 1.82) is 0 Å². The van der Waals surface area contributed by atoms with Crippen LogP contribution in [0.3, 0.4) is 0 Å². The summed E-state index contributed by atoms with van der Waals surface area (Å²) in [5.74, 6) is -0.994. The van der Waals surface area contributed by atoms with Gasteiger partial charge in [0.2, 0.25) is 5.91 Å². The zero-order valence-electron chi connectivity index (χ0n) is 8.71. The molecule has 3 N–H and O–H groups in total. The second-order valence-electron chi connectivity index (χ2n) is 3.60. The highest BCUT2D eigenvalue weighted by Gasteiger charge is 2.45. The number of rotatable bonds is 3. The summed E-state index contributed by atoms with van der Waals surface area (Å²) >= 11 is 1.45. The molecule has 1 atom stereocenters. The van der Waals surface area contributed by atoms with Crippen molar-refractivity contribution < 1.29 is 24.2 Å². The van der Waals surface area contributed by atoms with Crippen molar-refractivity contribution in [3.63, 3.8) is 0 Å². The topological polar surface area (TPSA) is 110 Å². The molecule has 0 aromatic heterocycles. The van der Waals surface area contributed by atoms with E-state index in [4.69, 9.17) is 10.8 Å². The van der Waals surface area contributed by atoms with E-state index in [9.17, 15) is 14.4 Å². The molecule has 1 fully saturated rings. The number of hydrogen-bond donors (Lipinski definition) is 2. The van der Waals surface area contributed by atoms with Gasteiger partial charge in [-0.2, -0.15) is 0 Å². The molecule has 1 unspecified atom stereocenters. The quantitative estimate of drug-likeness (QED) is 0.674. The summed E-state index contributed by atoms with van der Waals surface area (Å²) in [6, 6.07) is 0. The van der Waals surface area contributed by atoms with Gasteiger partial charge in [0, 0.05) is 11.3 Å². The molecule has 1 saturated heterocycles. The average Bonchev–Trinajstić information content (AvgIpc) is 2.24. The number of carbonyl (C=O) groups excluding carboxylic acids is 2. The van der Waals surface area contributed by atoms with Crippen molar-refractivity contribution in [2.24, 2.45) is 5.73 Å². The fourth-order valence-electron chi connectivity index (χ4n) is 1.75. The maximum atomic E-state index is 11.3. The molecule has 92 valence electrons. The van der Waals surface area contributed by atoms with Gasteiger partial charge in [0.15, 0.2) is 0 Å². The third kappa shape index (κ3) is 2.07. The number of thioether (sulfide) groups is 1. The predicted molar refractivity (Wildman–Crippen MR) is 57.9 cm³/mol. The lowest BCUT2D eigenvalue weighted by Crippen LogP contribution is -2.54. The maximum Gasteiger partial charge on any atom is 0.404 e. The zero-order chi connectivity index (χ0) is 12.6. The lowest BCUT2D eigenvalue weighted by atomic mass is 10.1. The summed E-state index contributed by atoms with van der Waals surface area (Å²) in [5.41, 5.74) is 5.13. The van der Waals surface area contributed by atoms with Crippen LogP contribution in [0.4, 0.5) is 4.79 Å². The minimum Gasteiger partial charge on any atom is -0.477 e. The normalized spacial score (nSPS) is 22.9. The van der Waals surface area contributed by atoms with E-state index in [1.165, 1.54) is 16.7 Å². The number of carbonyl (C=O) groups is 3. The number of carboxylic acid groups (broad SMARTS) is 1. The SMILES string of the molecule is NC(=O)OCC1=C(C(=O)O)N2C(=O)CC2SC1. The highest BCUT2D eigenvalue weighted by Crippen LogP contribution is 2.39. The zero-order valence-corrected chi connectivity index (χ0v) is 9.53. The number of ether oxygens (including phenoxy) is 1. The first-order valence-corrected chi connectivity index (χ1v) is 5.86. The van der Waals surface area contributed by atoms with E-state index in [1.807, 2.05) is 0 Å². The van der Waals surface area contributed by atoms with Gasteiger partial charge in [0.05, 0.1) is 11.8 Å². The highest BCUT2D eigenvalue weighted by molar-refractivity contribution is 8.00.